The zero-order chi connectivity index (χ0) is 24.4. The molecule has 35 heavy (non-hydrogen) atoms. The number of hydrogen-bond acceptors (Lipinski definition) is 7. The smallest absolute Gasteiger partial charge is 0.274 e. The molecule has 2 fully saturated rings. The van der Waals surface area contributed by atoms with Gasteiger partial charge >= 0.3 is 0 Å². The molecule has 2 saturated heterocycles. The Labute approximate surface area is 199 Å². The number of nitrogens with zero attached hydrogens (tertiary/aromatic N) is 3. The maximum absolute atomic E-state index is 13.8. The van der Waals surface area contributed by atoms with Crippen molar-refractivity contribution in [3.63, 3.8) is 0 Å². The molecule has 3 aromatic rings. The van der Waals surface area contributed by atoms with E-state index >= 15 is 0 Å². The van der Waals surface area contributed by atoms with Crippen molar-refractivity contribution >= 4 is 35.0 Å². The van der Waals surface area contributed by atoms with Crippen LogP contribution >= 0.6 is 0 Å². The van der Waals surface area contributed by atoms with Crippen LogP contribution in [0.2, 0.25) is 0 Å². The summed E-state index contributed by atoms with van der Waals surface area (Å²) in [5.41, 5.74) is 2.11. The van der Waals surface area contributed by atoms with Crippen LogP contribution in [0.5, 0.6) is 0 Å². The second kappa shape index (κ2) is 7.49. The standard InChI is InChI=1S/C26H19N3O6/c1-14-8-9-16(13-18(14)29(33)34)28-25(31)20-21(26(28)32)23(24(30)19-7-4-12-35-19)27-11-10-15-5-2-3-6-17(15)22(20)27/h2-13,20-23H,1H3/t20-,21+,22?,23-/m0/s1. The summed E-state index contributed by atoms with van der Waals surface area (Å²) in [5, 5.41) is 11.5. The Morgan fingerprint density at radius 2 is 1.80 bits per heavy atom. The fourth-order valence-corrected chi connectivity index (χ4v) is 5.61. The molecule has 0 spiro atoms. The average molecular weight is 469 g/mol. The topological polar surface area (TPSA) is 114 Å². The van der Waals surface area contributed by atoms with Crippen molar-refractivity contribution in [2.45, 2.75) is 19.0 Å². The number of anilines is 1. The number of Topliss-reactive ketones (excluding diaryl/α,β-unsaturated/α-hetero) is 1. The molecule has 2 amide bonds. The van der Waals surface area contributed by atoms with Gasteiger partial charge < -0.3 is 9.32 Å². The fourth-order valence-electron chi connectivity index (χ4n) is 5.61. The Kier molecular flexibility index (Phi) is 4.50. The molecule has 174 valence electrons. The van der Waals surface area contributed by atoms with Gasteiger partial charge in [-0.05, 0) is 42.3 Å². The summed E-state index contributed by atoms with van der Waals surface area (Å²) in [6.07, 6.45) is 5.02. The SMILES string of the molecule is Cc1ccc(N2C(=O)[C@@H]3[C@H](C2=O)C2c4ccccc4C=CN2[C@@H]3C(=O)c2ccco2)cc1[N+](=O)[O-]. The molecule has 1 unspecified atom stereocenters. The van der Waals surface area contributed by atoms with Gasteiger partial charge in [-0.3, -0.25) is 24.5 Å². The van der Waals surface area contributed by atoms with E-state index in [1.807, 2.05) is 30.3 Å². The van der Waals surface area contributed by atoms with Crippen LogP contribution in [0.3, 0.4) is 0 Å². The van der Waals surface area contributed by atoms with Crippen LogP contribution in [0, 0.1) is 28.9 Å². The lowest BCUT2D eigenvalue weighted by Crippen LogP contribution is -2.44. The number of carbonyl (C=O) groups is 3. The van der Waals surface area contributed by atoms with E-state index < -0.39 is 46.4 Å². The number of aryl methyl sites for hydroxylation is 1. The summed E-state index contributed by atoms with van der Waals surface area (Å²) in [6.45, 7) is 1.59. The van der Waals surface area contributed by atoms with Crippen molar-refractivity contribution in [3.05, 3.63) is 99.6 Å². The van der Waals surface area contributed by atoms with Crippen LogP contribution in [-0.4, -0.2) is 33.5 Å². The molecule has 4 heterocycles. The molecule has 2 aromatic carbocycles. The number of benzene rings is 2. The molecular formula is C26H19N3O6. The number of amides is 2. The molecule has 3 aliphatic heterocycles. The van der Waals surface area contributed by atoms with Crippen LogP contribution in [0.4, 0.5) is 11.4 Å². The fraction of sp³-hybridized carbons (Fsp3) is 0.192. The predicted octanol–water partition coefficient (Wildman–Crippen LogP) is 3.89. The third kappa shape index (κ3) is 2.91. The number of imide groups is 1. The highest BCUT2D eigenvalue weighted by Gasteiger charge is 2.64. The van der Waals surface area contributed by atoms with E-state index in [0.29, 0.717) is 5.56 Å². The molecule has 9 nitrogen and oxygen atoms in total. The number of nitro groups is 1. The first kappa shape index (κ1) is 21.0. The maximum Gasteiger partial charge on any atom is 0.274 e. The highest BCUT2D eigenvalue weighted by atomic mass is 16.6. The molecule has 9 heteroatoms. The summed E-state index contributed by atoms with van der Waals surface area (Å²) in [5.74, 6) is -3.13. The Balaban J connectivity index is 1.50. The van der Waals surface area contributed by atoms with Crippen molar-refractivity contribution in [1.29, 1.82) is 0 Å². The lowest BCUT2D eigenvalue weighted by Gasteiger charge is -2.35. The van der Waals surface area contributed by atoms with Gasteiger partial charge in [-0.15, -0.1) is 0 Å². The second-order valence-electron chi connectivity index (χ2n) is 8.91. The molecule has 1 aromatic heterocycles. The van der Waals surface area contributed by atoms with E-state index in [4.69, 9.17) is 4.42 Å². The number of fused-ring (bicyclic) bond motifs is 5. The summed E-state index contributed by atoms with van der Waals surface area (Å²) in [4.78, 5) is 54.9. The second-order valence-corrected chi connectivity index (χ2v) is 8.91. The molecular weight excluding hydrogens is 450 g/mol. The third-order valence-corrected chi connectivity index (χ3v) is 7.14. The Hall–Kier alpha value is -4.53. The Bertz CT molecular complexity index is 1440. The molecule has 0 aliphatic carbocycles. The van der Waals surface area contributed by atoms with E-state index in [9.17, 15) is 24.5 Å². The molecule has 0 saturated carbocycles. The summed E-state index contributed by atoms with van der Waals surface area (Å²) >= 11 is 0. The minimum Gasteiger partial charge on any atom is -0.461 e. The van der Waals surface area contributed by atoms with Crippen molar-refractivity contribution in [3.8, 4) is 0 Å². The monoisotopic (exact) mass is 469 g/mol. The van der Waals surface area contributed by atoms with Crippen LogP contribution in [0.15, 0.2) is 71.5 Å². The van der Waals surface area contributed by atoms with E-state index in [2.05, 4.69) is 0 Å². The molecule has 0 bridgehead atoms. The molecule has 4 atom stereocenters. The number of carbonyl (C=O) groups excluding carboxylic acids is 3. The van der Waals surface area contributed by atoms with Gasteiger partial charge in [-0.25, -0.2) is 4.90 Å². The lowest BCUT2D eigenvalue weighted by atomic mass is 9.84. The van der Waals surface area contributed by atoms with Gasteiger partial charge in [-0.1, -0.05) is 30.3 Å². The van der Waals surface area contributed by atoms with Gasteiger partial charge in [0.05, 0.1) is 34.8 Å². The van der Waals surface area contributed by atoms with Crippen molar-refractivity contribution in [2.24, 2.45) is 11.8 Å². The van der Waals surface area contributed by atoms with Gasteiger partial charge in [0.2, 0.25) is 17.6 Å². The minimum atomic E-state index is -0.971. The minimum absolute atomic E-state index is 0.103. The van der Waals surface area contributed by atoms with Crippen LogP contribution < -0.4 is 4.90 Å². The number of hydrogen-bond donors (Lipinski definition) is 0. The van der Waals surface area contributed by atoms with E-state index in [1.165, 1.54) is 30.5 Å². The van der Waals surface area contributed by atoms with Crippen molar-refractivity contribution < 1.29 is 23.7 Å². The Morgan fingerprint density at radius 3 is 2.54 bits per heavy atom. The largest absolute Gasteiger partial charge is 0.461 e. The number of furan rings is 1. The van der Waals surface area contributed by atoms with Crippen LogP contribution in [-0.2, 0) is 9.59 Å². The summed E-state index contributed by atoms with van der Waals surface area (Å²) in [6, 6.07) is 13.5. The molecule has 6 rings (SSSR count). The van der Waals surface area contributed by atoms with Crippen LogP contribution in [0.25, 0.3) is 6.08 Å². The highest BCUT2D eigenvalue weighted by Crippen LogP contribution is 2.53. The van der Waals surface area contributed by atoms with E-state index in [0.717, 1.165) is 16.0 Å². The van der Waals surface area contributed by atoms with Gasteiger partial charge in [-0.2, -0.15) is 0 Å². The van der Waals surface area contributed by atoms with Gasteiger partial charge in [0.25, 0.3) is 5.69 Å². The lowest BCUT2D eigenvalue weighted by molar-refractivity contribution is -0.385. The highest BCUT2D eigenvalue weighted by molar-refractivity contribution is 6.24. The maximum atomic E-state index is 13.8. The molecule has 0 radical (unpaired) electrons. The zero-order valence-corrected chi connectivity index (χ0v) is 18.5. The zero-order valence-electron chi connectivity index (χ0n) is 18.5. The number of nitro benzene ring substituents is 1. The van der Waals surface area contributed by atoms with Gasteiger partial charge in [0.15, 0.2) is 5.76 Å². The summed E-state index contributed by atoms with van der Waals surface area (Å²) < 4.78 is 5.35. The predicted molar refractivity (Wildman–Crippen MR) is 124 cm³/mol. The first-order chi connectivity index (χ1) is 16.9. The summed E-state index contributed by atoms with van der Waals surface area (Å²) in [7, 11) is 0. The van der Waals surface area contributed by atoms with Crippen molar-refractivity contribution in [1.82, 2.24) is 4.90 Å². The van der Waals surface area contributed by atoms with E-state index in [-0.39, 0.29) is 17.1 Å². The Morgan fingerprint density at radius 1 is 1.03 bits per heavy atom. The normalized spacial score (nSPS) is 24.4. The van der Waals surface area contributed by atoms with Crippen LogP contribution in [0.1, 0.15) is 33.3 Å². The van der Waals surface area contributed by atoms with Gasteiger partial charge in [0, 0.05) is 17.8 Å². The first-order valence-corrected chi connectivity index (χ1v) is 11.1. The average Bonchev–Trinajstić information content (AvgIpc) is 3.56. The quantitative estimate of drug-likeness (QED) is 0.246. The number of rotatable bonds is 4. The first-order valence-electron chi connectivity index (χ1n) is 11.1. The third-order valence-electron chi connectivity index (χ3n) is 7.14. The van der Waals surface area contributed by atoms with Gasteiger partial charge in [0.1, 0.15) is 6.04 Å². The molecule has 3 aliphatic rings. The van der Waals surface area contributed by atoms with Crippen molar-refractivity contribution in [2.75, 3.05) is 4.90 Å². The number of ketones is 1. The molecule has 0 N–H and O–H groups in total. The van der Waals surface area contributed by atoms with E-state index in [1.54, 1.807) is 24.1 Å².